The number of aryl methyl sites for hydroxylation is 1. The van der Waals surface area contributed by atoms with Gasteiger partial charge in [-0.15, -0.1) is 0 Å². The van der Waals surface area contributed by atoms with Crippen molar-refractivity contribution in [2.45, 2.75) is 20.5 Å². The molecule has 0 saturated carbocycles. The van der Waals surface area contributed by atoms with E-state index in [9.17, 15) is 4.79 Å². The van der Waals surface area contributed by atoms with Crippen molar-refractivity contribution in [1.29, 1.82) is 0 Å². The summed E-state index contributed by atoms with van der Waals surface area (Å²) in [7, 11) is 1.64. The standard InChI is InChI=1S/C34H33N5O4S/c1-4-37-12-14-38(15-13-37)33(40)24-10-8-23(9-11-24)25-6-5-7-27(16-25)42-21-26-17-28(41-3)18-31-29(26)19-32(43-31)30-20-39-34(35-30)44-22(2)36-39/h5-11,16-20H,4,12-15,21H2,1-3H3. The molecular weight excluding hydrogens is 574 g/mol. The third-order valence-electron chi connectivity index (χ3n) is 8.13. The van der Waals surface area contributed by atoms with Crippen LogP contribution in [0.15, 0.2) is 77.3 Å². The van der Waals surface area contributed by atoms with Crippen LogP contribution in [0.5, 0.6) is 11.5 Å². The van der Waals surface area contributed by atoms with Gasteiger partial charge in [-0.3, -0.25) is 4.79 Å². The highest BCUT2D eigenvalue weighted by Crippen LogP contribution is 2.34. The monoisotopic (exact) mass is 607 g/mol. The smallest absolute Gasteiger partial charge is 0.253 e. The second kappa shape index (κ2) is 11.8. The number of furan rings is 1. The fourth-order valence-electron chi connectivity index (χ4n) is 5.65. The Morgan fingerprint density at radius 2 is 1.80 bits per heavy atom. The SMILES string of the molecule is CCN1CCN(C(=O)c2ccc(-c3cccc(OCc4cc(OC)cc5oc(-c6cn7nc(C)sc7n6)cc45)c3)cc2)CC1. The second-order valence-electron chi connectivity index (χ2n) is 10.9. The summed E-state index contributed by atoms with van der Waals surface area (Å²) in [4.78, 5) is 22.9. The van der Waals surface area contributed by atoms with Crippen molar-refractivity contribution >= 4 is 33.2 Å². The average Bonchev–Trinajstić information content (AvgIpc) is 3.76. The molecular formula is C34H33N5O4S. The number of piperazine rings is 1. The van der Waals surface area contributed by atoms with Crippen LogP contribution in [0, 0.1) is 6.92 Å². The lowest BCUT2D eigenvalue weighted by Crippen LogP contribution is -2.48. The van der Waals surface area contributed by atoms with Crippen molar-refractivity contribution < 1.29 is 18.7 Å². The molecule has 9 nitrogen and oxygen atoms in total. The first-order valence-electron chi connectivity index (χ1n) is 14.8. The number of benzene rings is 3. The number of carbonyl (C=O) groups excluding carboxylic acids is 1. The van der Waals surface area contributed by atoms with Crippen LogP contribution in [0.2, 0.25) is 0 Å². The van der Waals surface area contributed by atoms with Crippen LogP contribution in [0.1, 0.15) is 27.9 Å². The summed E-state index contributed by atoms with van der Waals surface area (Å²) in [6.45, 7) is 8.87. The number of aromatic nitrogens is 3. The summed E-state index contributed by atoms with van der Waals surface area (Å²) in [5.41, 5.74) is 5.13. The first-order chi connectivity index (χ1) is 21.5. The quantitative estimate of drug-likeness (QED) is 0.194. The Hall–Kier alpha value is -4.67. The van der Waals surface area contributed by atoms with E-state index < -0.39 is 0 Å². The highest BCUT2D eigenvalue weighted by molar-refractivity contribution is 7.16. The van der Waals surface area contributed by atoms with Gasteiger partial charge < -0.3 is 23.7 Å². The minimum absolute atomic E-state index is 0.0934. The third kappa shape index (κ3) is 5.54. The summed E-state index contributed by atoms with van der Waals surface area (Å²) >= 11 is 1.54. The number of hydrogen-bond acceptors (Lipinski definition) is 8. The first kappa shape index (κ1) is 28.1. The maximum Gasteiger partial charge on any atom is 0.253 e. The Kier molecular flexibility index (Phi) is 7.53. The van der Waals surface area contributed by atoms with E-state index in [-0.39, 0.29) is 5.91 Å². The van der Waals surface area contributed by atoms with Gasteiger partial charge in [0.25, 0.3) is 5.91 Å². The highest BCUT2D eigenvalue weighted by Gasteiger charge is 2.21. The molecule has 44 heavy (non-hydrogen) atoms. The van der Waals surface area contributed by atoms with Gasteiger partial charge in [-0.25, -0.2) is 9.50 Å². The number of imidazole rings is 1. The van der Waals surface area contributed by atoms with Gasteiger partial charge in [0.1, 0.15) is 34.4 Å². The molecule has 0 spiro atoms. The van der Waals surface area contributed by atoms with Gasteiger partial charge in [0, 0.05) is 48.8 Å². The number of hydrogen-bond donors (Lipinski definition) is 0. The number of nitrogens with zero attached hydrogens (tertiary/aromatic N) is 5. The predicted octanol–water partition coefficient (Wildman–Crippen LogP) is 6.54. The van der Waals surface area contributed by atoms with Crippen molar-refractivity contribution in [2.75, 3.05) is 39.8 Å². The molecule has 1 saturated heterocycles. The largest absolute Gasteiger partial charge is 0.497 e. The average molecular weight is 608 g/mol. The van der Waals surface area contributed by atoms with E-state index in [0.717, 1.165) is 81.8 Å². The maximum atomic E-state index is 13.0. The lowest BCUT2D eigenvalue weighted by Gasteiger charge is -2.34. The van der Waals surface area contributed by atoms with Crippen LogP contribution in [0.4, 0.5) is 0 Å². The Morgan fingerprint density at radius 3 is 2.55 bits per heavy atom. The molecule has 0 radical (unpaired) electrons. The van der Waals surface area contributed by atoms with Crippen molar-refractivity contribution in [1.82, 2.24) is 24.4 Å². The molecule has 3 aromatic carbocycles. The van der Waals surface area contributed by atoms with Crippen LogP contribution in [-0.2, 0) is 6.61 Å². The number of likely N-dealkylation sites (N-methyl/N-ethyl adjacent to an activating group) is 1. The van der Waals surface area contributed by atoms with Crippen LogP contribution in [-0.4, -0.2) is 70.1 Å². The van der Waals surface area contributed by atoms with E-state index in [0.29, 0.717) is 23.7 Å². The van der Waals surface area contributed by atoms with Crippen molar-refractivity contribution in [3.63, 3.8) is 0 Å². The summed E-state index contributed by atoms with van der Waals surface area (Å²) in [5.74, 6) is 2.19. The number of amides is 1. The van der Waals surface area contributed by atoms with E-state index in [1.54, 1.807) is 11.6 Å². The number of methoxy groups -OCH3 is 1. The van der Waals surface area contributed by atoms with Crippen molar-refractivity contribution in [3.05, 3.63) is 89.1 Å². The lowest BCUT2D eigenvalue weighted by atomic mass is 10.0. The maximum absolute atomic E-state index is 13.0. The molecule has 1 fully saturated rings. The van der Waals surface area contributed by atoms with Crippen LogP contribution < -0.4 is 9.47 Å². The van der Waals surface area contributed by atoms with E-state index >= 15 is 0 Å². The Morgan fingerprint density at radius 1 is 0.977 bits per heavy atom. The van der Waals surface area contributed by atoms with Gasteiger partial charge in [0.05, 0.1) is 13.3 Å². The lowest BCUT2D eigenvalue weighted by molar-refractivity contribution is 0.0643. The van der Waals surface area contributed by atoms with Gasteiger partial charge in [0.2, 0.25) is 4.96 Å². The van der Waals surface area contributed by atoms with Crippen molar-refractivity contribution in [3.8, 4) is 34.1 Å². The fourth-order valence-corrected chi connectivity index (χ4v) is 6.37. The molecule has 0 unspecified atom stereocenters. The van der Waals surface area contributed by atoms with Crippen LogP contribution in [0.3, 0.4) is 0 Å². The fraction of sp³-hybridized carbons (Fsp3) is 0.265. The van der Waals surface area contributed by atoms with E-state index in [1.807, 2.05) is 84.8 Å². The number of rotatable bonds is 8. The molecule has 1 amide bonds. The summed E-state index contributed by atoms with van der Waals surface area (Å²) in [6.07, 6.45) is 1.88. The molecule has 6 aromatic rings. The molecule has 1 aliphatic heterocycles. The summed E-state index contributed by atoms with van der Waals surface area (Å²) in [5, 5.41) is 6.36. The first-order valence-corrected chi connectivity index (χ1v) is 15.6. The zero-order valence-corrected chi connectivity index (χ0v) is 25.8. The van der Waals surface area contributed by atoms with Gasteiger partial charge >= 0.3 is 0 Å². The molecule has 0 bridgehead atoms. The van der Waals surface area contributed by atoms with Crippen molar-refractivity contribution in [2.24, 2.45) is 0 Å². The molecule has 4 heterocycles. The molecule has 0 N–H and O–H groups in total. The van der Waals surface area contributed by atoms with Gasteiger partial charge in [-0.05, 0) is 61.0 Å². The molecule has 10 heteroatoms. The number of ether oxygens (including phenoxy) is 2. The Labute approximate surface area is 259 Å². The Balaban J connectivity index is 1.08. The molecule has 0 aliphatic carbocycles. The topological polar surface area (TPSA) is 85.3 Å². The minimum Gasteiger partial charge on any atom is -0.497 e. The van der Waals surface area contributed by atoms with E-state index in [4.69, 9.17) is 13.9 Å². The van der Waals surface area contributed by atoms with Crippen LogP contribution in [0.25, 0.3) is 38.5 Å². The molecule has 7 rings (SSSR count). The molecule has 3 aromatic heterocycles. The third-order valence-corrected chi connectivity index (χ3v) is 8.97. The summed E-state index contributed by atoms with van der Waals surface area (Å²) < 4.78 is 19.8. The van der Waals surface area contributed by atoms with Crippen LogP contribution >= 0.6 is 11.3 Å². The zero-order chi connectivity index (χ0) is 30.2. The highest BCUT2D eigenvalue weighted by atomic mass is 32.1. The minimum atomic E-state index is 0.0934. The molecule has 224 valence electrons. The second-order valence-corrected chi connectivity index (χ2v) is 12.1. The van der Waals surface area contributed by atoms with Gasteiger partial charge in [0.15, 0.2) is 5.76 Å². The van der Waals surface area contributed by atoms with E-state index in [1.165, 1.54) is 11.3 Å². The van der Waals surface area contributed by atoms with Gasteiger partial charge in [-0.2, -0.15) is 5.10 Å². The predicted molar refractivity (Wildman–Crippen MR) is 172 cm³/mol. The zero-order valence-electron chi connectivity index (χ0n) is 24.9. The van der Waals surface area contributed by atoms with E-state index in [2.05, 4.69) is 21.9 Å². The molecule has 1 aliphatic rings. The molecule has 0 atom stereocenters. The normalized spacial score (nSPS) is 14.0. The number of fused-ring (bicyclic) bond motifs is 2. The Bertz CT molecular complexity index is 1920. The van der Waals surface area contributed by atoms with Gasteiger partial charge in [-0.1, -0.05) is 42.5 Å². The summed E-state index contributed by atoms with van der Waals surface area (Å²) in [6, 6.07) is 21.7. The number of carbonyl (C=O) groups is 1.